The molecule has 1 heteroatoms. The SMILES string of the molecule is C=CCC(C)CC=CC(CCC)C(CCC)C(C)N(C=C)CC. The minimum Gasteiger partial charge on any atom is -0.375 e. The van der Waals surface area contributed by atoms with E-state index >= 15 is 0 Å². The number of hydrogen-bond acceptors (Lipinski definition) is 1. The smallest absolute Gasteiger partial charge is 0.0289 e. The standard InChI is InChI=1S/C22H41N/c1-8-14-19(6)17-13-18-21(15-9-2)22(16-10-3)20(7)23(11-4)12-5/h8,11,13,18-22H,1,4,9-10,12,14-17H2,2-3,5-7H3. The van der Waals surface area contributed by atoms with E-state index in [1.165, 1.54) is 32.1 Å². The van der Waals surface area contributed by atoms with Crippen molar-refractivity contribution < 1.29 is 0 Å². The maximum absolute atomic E-state index is 4.01. The van der Waals surface area contributed by atoms with E-state index in [0.29, 0.717) is 23.8 Å². The van der Waals surface area contributed by atoms with Crippen molar-refractivity contribution >= 4 is 0 Å². The maximum atomic E-state index is 4.01. The quantitative estimate of drug-likeness (QED) is 0.317. The van der Waals surface area contributed by atoms with E-state index in [4.69, 9.17) is 0 Å². The van der Waals surface area contributed by atoms with Crippen LogP contribution in [-0.4, -0.2) is 17.5 Å². The van der Waals surface area contributed by atoms with E-state index in [1.54, 1.807) is 0 Å². The van der Waals surface area contributed by atoms with Crippen molar-refractivity contribution in [2.45, 2.75) is 79.2 Å². The van der Waals surface area contributed by atoms with Crippen LogP contribution in [0.25, 0.3) is 0 Å². The van der Waals surface area contributed by atoms with Crippen LogP contribution in [0.5, 0.6) is 0 Å². The lowest BCUT2D eigenvalue weighted by Gasteiger charge is -2.37. The minimum absolute atomic E-state index is 0.559. The van der Waals surface area contributed by atoms with Crippen LogP contribution < -0.4 is 0 Å². The first-order chi connectivity index (χ1) is 11.0. The van der Waals surface area contributed by atoms with Crippen LogP contribution in [0.3, 0.4) is 0 Å². The lowest BCUT2D eigenvalue weighted by Crippen LogP contribution is -2.37. The number of allylic oxidation sites excluding steroid dienone is 3. The van der Waals surface area contributed by atoms with E-state index < -0.39 is 0 Å². The van der Waals surface area contributed by atoms with Gasteiger partial charge in [0.05, 0.1) is 0 Å². The fraction of sp³-hybridized carbons (Fsp3) is 0.727. The molecule has 0 aliphatic rings. The van der Waals surface area contributed by atoms with Crippen molar-refractivity contribution in [2.75, 3.05) is 6.54 Å². The summed E-state index contributed by atoms with van der Waals surface area (Å²) in [6.45, 7) is 20.4. The summed E-state index contributed by atoms with van der Waals surface area (Å²) in [6, 6.07) is 0.559. The first kappa shape index (κ1) is 22.0. The molecule has 0 rings (SSSR count). The molecule has 0 heterocycles. The van der Waals surface area contributed by atoms with Crippen LogP contribution >= 0.6 is 0 Å². The highest BCUT2D eigenvalue weighted by Gasteiger charge is 2.26. The molecule has 0 saturated heterocycles. The van der Waals surface area contributed by atoms with Gasteiger partial charge in [-0.3, -0.25) is 0 Å². The molecule has 4 atom stereocenters. The first-order valence-corrected chi connectivity index (χ1v) is 9.71. The van der Waals surface area contributed by atoms with Crippen LogP contribution in [0.1, 0.15) is 73.1 Å². The van der Waals surface area contributed by atoms with Gasteiger partial charge in [0.1, 0.15) is 0 Å². The van der Waals surface area contributed by atoms with Gasteiger partial charge in [-0.25, -0.2) is 0 Å². The third-order valence-electron chi connectivity index (χ3n) is 5.03. The summed E-state index contributed by atoms with van der Waals surface area (Å²) in [5.41, 5.74) is 0. The molecule has 0 aliphatic heterocycles. The molecule has 0 N–H and O–H groups in total. The van der Waals surface area contributed by atoms with Crippen LogP contribution in [-0.2, 0) is 0 Å². The van der Waals surface area contributed by atoms with Crippen molar-refractivity contribution in [3.8, 4) is 0 Å². The zero-order valence-electron chi connectivity index (χ0n) is 16.4. The molecule has 0 fully saturated rings. The van der Waals surface area contributed by atoms with Gasteiger partial charge >= 0.3 is 0 Å². The van der Waals surface area contributed by atoms with Gasteiger partial charge in [-0.1, -0.05) is 58.4 Å². The lowest BCUT2D eigenvalue weighted by molar-refractivity contribution is 0.172. The molecular weight excluding hydrogens is 278 g/mol. The Labute approximate surface area is 146 Å². The van der Waals surface area contributed by atoms with Crippen LogP contribution in [0.4, 0.5) is 0 Å². The summed E-state index contributed by atoms with van der Waals surface area (Å²) in [4.78, 5) is 2.40. The molecule has 134 valence electrons. The number of hydrogen-bond donors (Lipinski definition) is 0. The Kier molecular flexibility index (Phi) is 12.9. The van der Waals surface area contributed by atoms with E-state index in [9.17, 15) is 0 Å². The van der Waals surface area contributed by atoms with Gasteiger partial charge in [0.15, 0.2) is 0 Å². The fourth-order valence-electron chi connectivity index (χ4n) is 3.63. The van der Waals surface area contributed by atoms with Crippen LogP contribution in [0.2, 0.25) is 0 Å². The van der Waals surface area contributed by atoms with Gasteiger partial charge in [0, 0.05) is 12.6 Å². The molecule has 0 amide bonds. The monoisotopic (exact) mass is 319 g/mol. The Hall–Kier alpha value is -0.980. The maximum Gasteiger partial charge on any atom is 0.0289 e. The molecule has 0 aromatic carbocycles. The average Bonchev–Trinajstić information content (AvgIpc) is 2.53. The van der Waals surface area contributed by atoms with Crippen molar-refractivity contribution in [2.24, 2.45) is 17.8 Å². The summed E-state index contributed by atoms with van der Waals surface area (Å²) in [6.07, 6.45) is 16.4. The van der Waals surface area contributed by atoms with Crippen LogP contribution in [0.15, 0.2) is 37.6 Å². The highest BCUT2D eigenvalue weighted by Crippen LogP contribution is 2.30. The number of nitrogens with zero attached hydrogens (tertiary/aromatic N) is 1. The van der Waals surface area contributed by atoms with Crippen molar-refractivity contribution in [3.05, 3.63) is 37.6 Å². The fourth-order valence-corrected chi connectivity index (χ4v) is 3.63. The van der Waals surface area contributed by atoms with Crippen molar-refractivity contribution in [3.63, 3.8) is 0 Å². The molecule has 0 aromatic heterocycles. The average molecular weight is 320 g/mol. The topological polar surface area (TPSA) is 3.24 Å². The summed E-state index contributed by atoms with van der Waals surface area (Å²) >= 11 is 0. The third-order valence-corrected chi connectivity index (χ3v) is 5.03. The number of rotatable bonds is 14. The van der Waals surface area contributed by atoms with E-state index in [-0.39, 0.29) is 0 Å². The Morgan fingerprint density at radius 3 is 2.09 bits per heavy atom. The second-order valence-electron chi connectivity index (χ2n) is 6.95. The van der Waals surface area contributed by atoms with Crippen molar-refractivity contribution in [1.82, 2.24) is 4.90 Å². The molecule has 1 nitrogen and oxygen atoms in total. The second kappa shape index (κ2) is 13.5. The molecule has 23 heavy (non-hydrogen) atoms. The Morgan fingerprint density at radius 1 is 0.957 bits per heavy atom. The third kappa shape index (κ3) is 8.44. The molecule has 0 spiro atoms. The Bertz CT molecular complexity index is 331. The normalized spacial score (nSPS) is 16.7. The highest BCUT2D eigenvalue weighted by molar-refractivity contribution is 4.96. The van der Waals surface area contributed by atoms with E-state index in [1.807, 2.05) is 12.3 Å². The zero-order chi connectivity index (χ0) is 17.7. The largest absolute Gasteiger partial charge is 0.375 e. The zero-order valence-corrected chi connectivity index (χ0v) is 16.4. The van der Waals surface area contributed by atoms with E-state index in [2.05, 4.69) is 64.8 Å². The van der Waals surface area contributed by atoms with Gasteiger partial charge < -0.3 is 4.90 Å². The Morgan fingerprint density at radius 2 is 1.61 bits per heavy atom. The summed E-state index contributed by atoms with van der Waals surface area (Å²) in [5, 5.41) is 0. The lowest BCUT2D eigenvalue weighted by atomic mass is 9.79. The molecule has 0 radical (unpaired) electrons. The van der Waals surface area contributed by atoms with Gasteiger partial charge in [-0.15, -0.1) is 6.58 Å². The minimum atomic E-state index is 0.559. The predicted molar refractivity (Wildman–Crippen MR) is 107 cm³/mol. The Balaban J connectivity index is 5.02. The summed E-state index contributed by atoms with van der Waals surface area (Å²) in [5.74, 6) is 2.09. The predicted octanol–water partition coefficient (Wildman–Crippen LogP) is 6.83. The van der Waals surface area contributed by atoms with Crippen LogP contribution in [0, 0.1) is 17.8 Å². The summed E-state index contributed by atoms with van der Waals surface area (Å²) < 4.78 is 0. The van der Waals surface area contributed by atoms with E-state index in [0.717, 1.165) is 13.0 Å². The first-order valence-electron chi connectivity index (χ1n) is 9.71. The van der Waals surface area contributed by atoms with Crippen molar-refractivity contribution in [1.29, 1.82) is 0 Å². The second-order valence-corrected chi connectivity index (χ2v) is 6.95. The summed E-state index contributed by atoms with van der Waals surface area (Å²) in [7, 11) is 0. The molecule has 0 aliphatic carbocycles. The van der Waals surface area contributed by atoms with Gasteiger partial charge in [0.2, 0.25) is 0 Å². The molecule has 4 unspecified atom stereocenters. The van der Waals surface area contributed by atoms with Gasteiger partial charge in [-0.2, -0.15) is 0 Å². The molecular formula is C22H41N. The highest BCUT2D eigenvalue weighted by atomic mass is 15.1. The molecule has 0 saturated carbocycles. The van der Waals surface area contributed by atoms with Gasteiger partial charge in [0.25, 0.3) is 0 Å². The van der Waals surface area contributed by atoms with Gasteiger partial charge in [-0.05, 0) is 63.5 Å². The molecule has 0 bridgehead atoms. The molecule has 0 aromatic rings.